The molecule has 1 aliphatic heterocycles. The molecule has 1 saturated heterocycles. The highest BCUT2D eigenvalue weighted by Gasteiger charge is 2.25. The highest BCUT2D eigenvalue weighted by molar-refractivity contribution is 7.98. The molecule has 1 aliphatic rings. The standard InChI is InChI=1S/C26H31N5OS3/c1-30(2)21-10-8-20(9-11-21)28-26(33)31-14-12-18(13-15-31)25-29-22(17-35-25)24(32)27-16-19-6-4-5-7-23(19)34-3/h4-11,17-18H,12-16H2,1-3H3,(H,27,32)(H,28,33). The van der Waals surface area contributed by atoms with E-state index in [1.807, 2.05) is 43.9 Å². The minimum atomic E-state index is -0.119. The summed E-state index contributed by atoms with van der Waals surface area (Å²) in [5, 5.41) is 10.0. The molecule has 0 atom stereocenters. The average Bonchev–Trinajstić information content (AvgIpc) is 3.38. The van der Waals surface area contributed by atoms with Gasteiger partial charge in [-0.25, -0.2) is 4.98 Å². The number of hydrogen-bond donors (Lipinski definition) is 2. The van der Waals surface area contributed by atoms with Crippen LogP contribution in [-0.2, 0) is 6.54 Å². The monoisotopic (exact) mass is 525 g/mol. The van der Waals surface area contributed by atoms with E-state index in [1.54, 1.807) is 23.1 Å². The van der Waals surface area contributed by atoms with Crippen LogP contribution in [0.5, 0.6) is 0 Å². The van der Waals surface area contributed by atoms with Crippen molar-refractivity contribution in [2.45, 2.75) is 30.2 Å². The van der Waals surface area contributed by atoms with Gasteiger partial charge in [0.1, 0.15) is 5.69 Å². The van der Waals surface area contributed by atoms with Gasteiger partial charge in [0, 0.05) is 61.3 Å². The SMILES string of the molecule is CSc1ccccc1CNC(=O)c1csc(C2CCN(C(=S)Nc3ccc(N(C)C)cc3)CC2)n1. The first-order valence-corrected chi connectivity index (χ1v) is 14.1. The van der Waals surface area contributed by atoms with E-state index in [0.717, 1.165) is 53.0 Å². The molecule has 0 bridgehead atoms. The molecule has 4 rings (SSSR count). The van der Waals surface area contributed by atoms with Gasteiger partial charge in [-0.15, -0.1) is 23.1 Å². The van der Waals surface area contributed by atoms with Crippen LogP contribution in [0.15, 0.2) is 58.8 Å². The quantitative estimate of drug-likeness (QED) is 0.315. The number of carbonyl (C=O) groups is 1. The van der Waals surface area contributed by atoms with Crippen molar-refractivity contribution in [1.82, 2.24) is 15.2 Å². The van der Waals surface area contributed by atoms with Gasteiger partial charge >= 0.3 is 0 Å². The second-order valence-electron chi connectivity index (χ2n) is 8.70. The number of benzene rings is 2. The van der Waals surface area contributed by atoms with Gasteiger partial charge in [-0.05, 0) is 67.2 Å². The predicted molar refractivity (Wildman–Crippen MR) is 152 cm³/mol. The number of thiocarbonyl (C=S) groups is 1. The van der Waals surface area contributed by atoms with Crippen LogP contribution in [-0.4, -0.2) is 54.3 Å². The third-order valence-corrected chi connectivity index (χ3v) is 8.36. The van der Waals surface area contributed by atoms with Crippen molar-refractivity contribution >= 4 is 57.7 Å². The van der Waals surface area contributed by atoms with Crippen LogP contribution < -0.4 is 15.5 Å². The van der Waals surface area contributed by atoms with E-state index in [0.29, 0.717) is 18.2 Å². The van der Waals surface area contributed by atoms with Crippen LogP contribution in [0.1, 0.15) is 39.8 Å². The molecule has 0 unspecified atom stereocenters. The Morgan fingerprint density at radius 2 is 1.89 bits per heavy atom. The summed E-state index contributed by atoms with van der Waals surface area (Å²) in [6, 6.07) is 16.4. The fourth-order valence-electron chi connectivity index (χ4n) is 4.07. The number of aromatic nitrogens is 1. The summed E-state index contributed by atoms with van der Waals surface area (Å²) in [7, 11) is 4.06. The molecule has 184 valence electrons. The first-order valence-electron chi connectivity index (χ1n) is 11.6. The van der Waals surface area contributed by atoms with Crippen molar-refractivity contribution in [2.75, 3.05) is 43.7 Å². The number of rotatable bonds is 7. The summed E-state index contributed by atoms with van der Waals surface area (Å²) in [4.78, 5) is 22.8. The molecule has 2 heterocycles. The fourth-order valence-corrected chi connectivity index (χ4v) is 5.96. The first-order chi connectivity index (χ1) is 16.9. The Hall–Kier alpha value is -2.62. The van der Waals surface area contributed by atoms with Crippen LogP contribution in [0.4, 0.5) is 11.4 Å². The van der Waals surface area contributed by atoms with E-state index in [9.17, 15) is 4.79 Å². The molecule has 0 radical (unpaired) electrons. The molecular weight excluding hydrogens is 495 g/mol. The molecule has 1 aromatic heterocycles. The van der Waals surface area contributed by atoms with Crippen molar-refractivity contribution in [1.29, 1.82) is 0 Å². The van der Waals surface area contributed by atoms with Crippen LogP contribution in [0, 0.1) is 0 Å². The Bertz CT molecular complexity index is 1150. The molecule has 3 aromatic rings. The second-order valence-corrected chi connectivity index (χ2v) is 10.8. The number of thiazole rings is 1. The Balaban J connectivity index is 1.27. The first kappa shape index (κ1) is 25.5. The number of thioether (sulfide) groups is 1. The average molecular weight is 526 g/mol. The lowest BCUT2D eigenvalue weighted by Crippen LogP contribution is -2.40. The minimum absolute atomic E-state index is 0.119. The molecule has 2 aromatic carbocycles. The second kappa shape index (κ2) is 11.9. The molecule has 9 heteroatoms. The van der Waals surface area contributed by atoms with Crippen molar-refractivity contribution in [3.05, 3.63) is 70.2 Å². The lowest BCUT2D eigenvalue weighted by molar-refractivity contribution is 0.0946. The lowest BCUT2D eigenvalue weighted by atomic mass is 9.98. The van der Waals surface area contributed by atoms with E-state index in [-0.39, 0.29) is 5.91 Å². The molecule has 6 nitrogen and oxygen atoms in total. The number of carbonyl (C=O) groups excluding carboxylic acids is 1. The maximum Gasteiger partial charge on any atom is 0.271 e. The number of piperidine rings is 1. The number of amides is 1. The summed E-state index contributed by atoms with van der Waals surface area (Å²) >= 11 is 8.93. The van der Waals surface area contributed by atoms with Gasteiger partial charge in [0.05, 0.1) is 5.01 Å². The van der Waals surface area contributed by atoms with Gasteiger partial charge in [-0.3, -0.25) is 4.79 Å². The third kappa shape index (κ3) is 6.54. The zero-order valence-corrected chi connectivity index (χ0v) is 22.7. The summed E-state index contributed by atoms with van der Waals surface area (Å²) in [6.07, 6.45) is 3.98. The molecule has 1 amide bonds. The largest absolute Gasteiger partial charge is 0.378 e. The minimum Gasteiger partial charge on any atom is -0.378 e. The summed E-state index contributed by atoms with van der Waals surface area (Å²) < 4.78 is 0. The van der Waals surface area contributed by atoms with E-state index in [4.69, 9.17) is 12.2 Å². The van der Waals surface area contributed by atoms with Crippen molar-refractivity contribution < 1.29 is 4.79 Å². The van der Waals surface area contributed by atoms with Crippen LogP contribution in [0.25, 0.3) is 0 Å². The molecule has 0 spiro atoms. The summed E-state index contributed by atoms with van der Waals surface area (Å²) in [6.45, 7) is 2.25. The van der Waals surface area contributed by atoms with Gasteiger partial charge in [0.15, 0.2) is 5.11 Å². The zero-order valence-electron chi connectivity index (χ0n) is 20.3. The Morgan fingerprint density at radius 1 is 1.17 bits per heavy atom. The molecule has 0 saturated carbocycles. The van der Waals surface area contributed by atoms with E-state index in [2.05, 4.69) is 55.7 Å². The van der Waals surface area contributed by atoms with Crippen LogP contribution in [0.3, 0.4) is 0 Å². The van der Waals surface area contributed by atoms with Crippen LogP contribution in [0.2, 0.25) is 0 Å². The van der Waals surface area contributed by atoms with Gasteiger partial charge < -0.3 is 20.4 Å². The Kier molecular flexibility index (Phi) is 8.64. The van der Waals surface area contributed by atoms with Crippen molar-refractivity contribution in [2.24, 2.45) is 0 Å². The van der Waals surface area contributed by atoms with E-state index < -0.39 is 0 Å². The maximum atomic E-state index is 12.7. The number of anilines is 2. The number of likely N-dealkylation sites (tertiary alicyclic amines) is 1. The smallest absolute Gasteiger partial charge is 0.271 e. The maximum absolute atomic E-state index is 12.7. The highest BCUT2D eigenvalue weighted by atomic mass is 32.2. The van der Waals surface area contributed by atoms with Gasteiger partial charge in [0.2, 0.25) is 0 Å². The van der Waals surface area contributed by atoms with E-state index in [1.165, 1.54) is 4.90 Å². The molecule has 2 N–H and O–H groups in total. The summed E-state index contributed by atoms with van der Waals surface area (Å²) in [5.74, 6) is 0.240. The summed E-state index contributed by atoms with van der Waals surface area (Å²) in [5.41, 5.74) is 3.78. The zero-order chi connectivity index (χ0) is 24.8. The normalized spacial score (nSPS) is 14.0. The van der Waals surface area contributed by atoms with Gasteiger partial charge in [-0.1, -0.05) is 18.2 Å². The molecular formula is C26H31N5OS3. The highest BCUT2D eigenvalue weighted by Crippen LogP contribution is 2.31. The van der Waals surface area contributed by atoms with Crippen molar-refractivity contribution in [3.8, 4) is 0 Å². The number of nitrogens with zero attached hydrogens (tertiary/aromatic N) is 3. The Labute approximate surface area is 221 Å². The van der Waals surface area contributed by atoms with Gasteiger partial charge in [-0.2, -0.15) is 0 Å². The lowest BCUT2D eigenvalue weighted by Gasteiger charge is -2.33. The molecule has 1 fully saturated rings. The topological polar surface area (TPSA) is 60.5 Å². The van der Waals surface area contributed by atoms with Gasteiger partial charge in [0.25, 0.3) is 5.91 Å². The molecule has 0 aliphatic carbocycles. The number of nitrogens with one attached hydrogen (secondary N) is 2. The van der Waals surface area contributed by atoms with E-state index >= 15 is 0 Å². The third-order valence-electron chi connectivity index (χ3n) is 6.15. The fraction of sp³-hybridized carbons (Fsp3) is 0.346. The van der Waals surface area contributed by atoms with Crippen molar-refractivity contribution in [3.63, 3.8) is 0 Å². The predicted octanol–water partition coefficient (Wildman–Crippen LogP) is 5.44. The molecule has 35 heavy (non-hydrogen) atoms. The Morgan fingerprint density at radius 3 is 2.57 bits per heavy atom. The van der Waals surface area contributed by atoms with Crippen LogP contribution >= 0.6 is 35.3 Å². The number of hydrogen-bond acceptors (Lipinski definition) is 6.